The highest BCUT2D eigenvalue weighted by molar-refractivity contribution is 6.25. The fraction of sp³-hybridized carbons (Fsp3) is 0.191. The largest absolute Gasteiger partial charge is 0.313 e. The number of allylic oxidation sites excluding steroid dienone is 5. The van der Waals surface area contributed by atoms with E-state index in [-0.39, 0.29) is 5.41 Å². The summed E-state index contributed by atoms with van der Waals surface area (Å²) in [7, 11) is 0. The van der Waals surface area contributed by atoms with Crippen LogP contribution >= 0.6 is 0 Å². The molecule has 6 aromatic carbocycles. The molecule has 7 aromatic rings. The zero-order valence-corrected chi connectivity index (χ0v) is 28.1. The van der Waals surface area contributed by atoms with Crippen LogP contribution in [0.25, 0.3) is 60.6 Å². The number of hydrogen-bond acceptors (Lipinski definition) is 0. The molecule has 1 heteroatoms. The van der Waals surface area contributed by atoms with E-state index in [1.54, 1.807) is 5.57 Å². The van der Waals surface area contributed by atoms with E-state index in [1.165, 1.54) is 82.4 Å². The number of nitrogens with zero attached hydrogens (tertiary/aromatic N) is 1. The summed E-state index contributed by atoms with van der Waals surface area (Å²) in [6.07, 6.45) is 10.9. The van der Waals surface area contributed by atoms with Gasteiger partial charge >= 0.3 is 0 Å². The van der Waals surface area contributed by atoms with Gasteiger partial charge in [-0.25, -0.2) is 0 Å². The normalized spacial score (nSPS) is 21.0. The van der Waals surface area contributed by atoms with Crippen molar-refractivity contribution in [2.24, 2.45) is 11.8 Å². The molecule has 0 N–H and O–H groups in total. The fourth-order valence-electron chi connectivity index (χ4n) is 9.56. The Labute approximate surface area is 282 Å². The predicted octanol–water partition coefficient (Wildman–Crippen LogP) is 12.3. The highest BCUT2D eigenvalue weighted by atomic mass is 15.0. The molecule has 0 aliphatic heterocycles. The van der Waals surface area contributed by atoms with Gasteiger partial charge in [-0.3, -0.25) is 0 Å². The van der Waals surface area contributed by atoms with Gasteiger partial charge < -0.3 is 4.57 Å². The van der Waals surface area contributed by atoms with E-state index in [9.17, 15) is 0 Å². The van der Waals surface area contributed by atoms with Crippen LogP contribution in [-0.2, 0) is 11.8 Å². The van der Waals surface area contributed by atoms with Gasteiger partial charge in [0, 0.05) is 33.7 Å². The Morgan fingerprint density at radius 1 is 0.667 bits per heavy atom. The number of benzene rings is 6. The van der Waals surface area contributed by atoms with E-state index in [0.717, 1.165) is 6.42 Å². The van der Waals surface area contributed by atoms with Gasteiger partial charge in [-0.05, 0) is 97.1 Å². The van der Waals surface area contributed by atoms with Crippen LogP contribution in [0.4, 0.5) is 0 Å². The average molecular weight is 618 g/mol. The molecular weight excluding hydrogens is 579 g/mol. The van der Waals surface area contributed by atoms with Gasteiger partial charge in [-0.2, -0.15) is 0 Å². The highest BCUT2D eigenvalue weighted by Crippen LogP contribution is 2.56. The molecule has 3 aliphatic rings. The van der Waals surface area contributed by atoms with Crippen molar-refractivity contribution < 1.29 is 0 Å². The van der Waals surface area contributed by atoms with Crippen LogP contribution in [0.3, 0.4) is 0 Å². The monoisotopic (exact) mass is 617 g/mol. The number of hydrogen-bond donors (Lipinski definition) is 0. The van der Waals surface area contributed by atoms with Crippen LogP contribution < -0.4 is 0 Å². The third-order valence-corrected chi connectivity index (χ3v) is 11.8. The van der Waals surface area contributed by atoms with Crippen molar-refractivity contribution in [3.63, 3.8) is 0 Å². The highest BCUT2D eigenvalue weighted by Gasteiger charge is 2.44. The Morgan fingerprint density at radius 3 is 2.08 bits per heavy atom. The molecule has 3 atom stereocenters. The summed E-state index contributed by atoms with van der Waals surface area (Å²) in [5, 5.41) is 9.25. The minimum Gasteiger partial charge on any atom is -0.313 e. The molecule has 0 amide bonds. The minimum atomic E-state index is 0.0338. The van der Waals surface area contributed by atoms with Crippen LogP contribution in [0.5, 0.6) is 0 Å². The smallest absolute Gasteiger partial charge is 0.0538 e. The first-order valence-electron chi connectivity index (χ1n) is 17.6. The van der Waals surface area contributed by atoms with Gasteiger partial charge in [0.2, 0.25) is 0 Å². The van der Waals surface area contributed by atoms with E-state index >= 15 is 0 Å². The summed E-state index contributed by atoms with van der Waals surface area (Å²) < 4.78 is 2.56. The third kappa shape index (κ3) is 3.79. The molecular formula is C47H39N. The maximum atomic E-state index is 2.56. The van der Waals surface area contributed by atoms with Crippen LogP contribution in [0, 0.1) is 11.8 Å². The quantitative estimate of drug-likeness (QED) is 0.170. The Hall–Kier alpha value is -5.14. The first-order valence-corrected chi connectivity index (χ1v) is 17.6. The molecule has 232 valence electrons. The second kappa shape index (κ2) is 9.94. The first-order chi connectivity index (χ1) is 23.4. The topological polar surface area (TPSA) is 4.93 Å². The Kier molecular flexibility index (Phi) is 5.78. The molecule has 48 heavy (non-hydrogen) atoms. The number of rotatable bonds is 2. The molecule has 0 saturated heterocycles. The SMILES string of the molecule is CC1C=Cc2c(n(-c3ccc4c5ccccc5c5ccccc5c4c3)c3ccc(C4=CC(C)C5C(=C4)C(C)(C)c4ccccc45)cc23)C1. The summed E-state index contributed by atoms with van der Waals surface area (Å²) in [5.41, 5.74) is 12.6. The molecule has 0 spiro atoms. The van der Waals surface area contributed by atoms with Gasteiger partial charge in [0.1, 0.15) is 0 Å². The van der Waals surface area contributed by atoms with Crippen LogP contribution in [0.1, 0.15) is 61.6 Å². The van der Waals surface area contributed by atoms with Crippen LogP contribution in [0.2, 0.25) is 0 Å². The van der Waals surface area contributed by atoms with Crippen molar-refractivity contribution in [1.29, 1.82) is 0 Å². The summed E-state index contributed by atoms with van der Waals surface area (Å²) in [4.78, 5) is 0. The number of fused-ring (bicyclic) bond motifs is 12. The molecule has 0 saturated carbocycles. The standard InChI is InChI=1S/C47H39N/c1-28-17-20-38-41-25-30(31-24-29(2)46-39-15-9-10-16-42(39)47(3,4)43(46)26-31)18-22-44(41)48(45(38)23-28)32-19-21-37-35-13-6-5-11-33(35)34-12-7-8-14-36(34)40(37)27-32/h5-22,24-29,46H,23H2,1-4H3. The second-order valence-corrected chi connectivity index (χ2v) is 15.1. The van der Waals surface area contributed by atoms with Crippen molar-refractivity contribution in [3.05, 3.63) is 161 Å². The zero-order chi connectivity index (χ0) is 32.3. The van der Waals surface area contributed by atoms with E-state index in [1.807, 2.05) is 0 Å². The molecule has 1 nitrogen and oxygen atoms in total. The lowest BCUT2D eigenvalue weighted by molar-refractivity contribution is 0.553. The average Bonchev–Trinajstić information content (AvgIpc) is 3.55. The lowest BCUT2D eigenvalue weighted by Crippen LogP contribution is -2.20. The lowest BCUT2D eigenvalue weighted by Gasteiger charge is -2.30. The predicted molar refractivity (Wildman–Crippen MR) is 205 cm³/mol. The molecule has 3 unspecified atom stereocenters. The fourth-order valence-corrected chi connectivity index (χ4v) is 9.56. The molecule has 0 bridgehead atoms. The Balaban J connectivity index is 1.16. The van der Waals surface area contributed by atoms with E-state index in [2.05, 4.69) is 166 Å². The summed E-state index contributed by atoms with van der Waals surface area (Å²) in [5.74, 6) is 1.41. The van der Waals surface area contributed by atoms with Gasteiger partial charge in [0.25, 0.3) is 0 Å². The molecule has 0 radical (unpaired) electrons. The van der Waals surface area contributed by atoms with Crippen LogP contribution in [-0.4, -0.2) is 4.57 Å². The van der Waals surface area contributed by atoms with E-state index in [0.29, 0.717) is 17.8 Å². The van der Waals surface area contributed by atoms with Crippen molar-refractivity contribution in [2.45, 2.75) is 45.4 Å². The van der Waals surface area contributed by atoms with Crippen LogP contribution in [0.15, 0.2) is 133 Å². The third-order valence-electron chi connectivity index (χ3n) is 11.8. The van der Waals surface area contributed by atoms with Gasteiger partial charge in [0.15, 0.2) is 0 Å². The van der Waals surface area contributed by atoms with E-state index < -0.39 is 0 Å². The molecule has 10 rings (SSSR count). The van der Waals surface area contributed by atoms with Gasteiger partial charge in [-0.15, -0.1) is 0 Å². The molecule has 1 heterocycles. The second-order valence-electron chi connectivity index (χ2n) is 15.1. The maximum absolute atomic E-state index is 2.56. The molecule has 0 fully saturated rings. The van der Waals surface area contributed by atoms with Crippen molar-refractivity contribution in [3.8, 4) is 5.69 Å². The van der Waals surface area contributed by atoms with Crippen molar-refractivity contribution in [1.82, 2.24) is 4.57 Å². The van der Waals surface area contributed by atoms with Gasteiger partial charge in [-0.1, -0.05) is 143 Å². The van der Waals surface area contributed by atoms with Crippen molar-refractivity contribution in [2.75, 3.05) is 0 Å². The minimum absolute atomic E-state index is 0.0338. The molecule has 3 aliphatic carbocycles. The van der Waals surface area contributed by atoms with Crippen molar-refractivity contribution >= 4 is 54.9 Å². The summed E-state index contributed by atoms with van der Waals surface area (Å²) in [6, 6.07) is 41.2. The Morgan fingerprint density at radius 2 is 1.33 bits per heavy atom. The number of aromatic nitrogens is 1. The summed E-state index contributed by atoms with van der Waals surface area (Å²) in [6.45, 7) is 9.57. The Bertz CT molecular complexity index is 2570. The zero-order valence-electron chi connectivity index (χ0n) is 28.1. The maximum Gasteiger partial charge on any atom is 0.0538 e. The lowest BCUT2D eigenvalue weighted by atomic mass is 9.73. The van der Waals surface area contributed by atoms with Gasteiger partial charge in [0.05, 0.1) is 5.52 Å². The first kappa shape index (κ1) is 27.9. The molecule has 1 aromatic heterocycles. The summed E-state index contributed by atoms with van der Waals surface area (Å²) >= 11 is 0. The van der Waals surface area contributed by atoms with E-state index in [4.69, 9.17) is 0 Å².